The second-order valence-electron chi connectivity index (χ2n) is 16.3. The van der Waals surface area contributed by atoms with Crippen LogP contribution in [0.15, 0.2) is 122 Å². The first-order valence-electron chi connectivity index (χ1n) is 23.6. The number of esters is 2. The first-order chi connectivity index (χ1) is 30.1. The molecule has 0 saturated carbocycles. The van der Waals surface area contributed by atoms with Crippen molar-refractivity contribution in [2.24, 2.45) is 0 Å². The smallest absolute Gasteiger partial charge is 0.306 e. The number of carbonyl (C=O) groups is 3. The summed E-state index contributed by atoms with van der Waals surface area (Å²) in [5.41, 5.74) is 0. The molecule has 0 heterocycles. The molecule has 348 valence electrons. The zero-order valence-corrected chi connectivity index (χ0v) is 39.5. The van der Waals surface area contributed by atoms with Crippen LogP contribution in [0.25, 0.3) is 0 Å². The SMILES string of the molecule is CC/C=C/C=C/C=C/C=C/CCCCCCCC(=O)OC(COCCC(C(=O)[O-])[N+](C)(C)C)COC(=O)CCCCCC/C=C/C/C=C/C/C=C/C/C=C/C/C=C/C/C=C/CC. The molecule has 0 aromatic rings. The van der Waals surface area contributed by atoms with E-state index in [9.17, 15) is 19.5 Å². The number of nitrogens with zero attached hydrogens (tertiary/aromatic N) is 1. The van der Waals surface area contributed by atoms with Crippen LogP contribution in [0.3, 0.4) is 0 Å². The van der Waals surface area contributed by atoms with Crippen molar-refractivity contribution in [3.8, 4) is 0 Å². The molecule has 8 heteroatoms. The van der Waals surface area contributed by atoms with E-state index >= 15 is 0 Å². The van der Waals surface area contributed by atoms with Crippen molar-refractivity contribution >= 4 is 17.9 Å². The molecule has 0 radical (unpaired) electrons. The number of carboxylic acids is 1. The van der Waals surface area contributed by atoms with Gasteiger partial charge in [0.05, 0.1) is 40.3 Å². The van der Waals surface area contributed by atoms with Gasteiger partial charge in [-0.1, -0.05) is 167 Å². The third kappa shape index (κ3) is 41.1. The molecule has 0 aromatic heterocycles. The Morgan fingerprint density at radius 2 is 0.935 bits per heavy atom. The van der Waals surface area contributed by atoms with Gasteiger partial charge in [-0.05, 0) is 83.5 Å². The largest absolute Gasteiger partial charge is 0.544 e. The van der Waals surface area contributed by atoms with Crippen LogP contribution in [-0.2, 0) is 28.6 Å². The lowest BCUT2D eigenvalue weighted by atomic mass is 10.1. The number of unbranched alkanes of at least 4 members (excludes halogenated alkanes) is 9. The van der Waals surface area contributed by atoms with Gasteiger partial charge in [0, 0.05) is 19.3 Å². The second-order valence-corrected chi connectivity index (χ2v) is 16.3. The highest BCUT2D eigenvalue weighted by molar-refractivity contribution is 5.70. The summed E-state index contributed by atoms with van der Waals surface area (Å²) in [6.45, 7) is 4.33. The van der Waals surface area contributed by atoms with E-state index in [0.29, 0.717) is 6.42 Å². The lowest BCUT2D eigenvalue weighted by Gasteiger charge is -2.34. The Hall–Kier alpha value is -4.27. The van der Waals surface area contributed by atoms with E-state index in [-0.39, 0.29) is 49.1 Å². The maximum atomic E-state index is 12.7. The van der Waals surface area contributed by atoms with Crippen LogP contribution in [0.4, 0.5) is 0 Å². The van der Waals surface area contributed by atoms with Crippen LogP contribution < -0.4 is 5.11 Å². The monoisotopic (exact) mass is 860 g/mol. The quantitative estimate of drug-likeness (QED) is 0.0199. The van der Waals surface area contributed by atoms with Gasteiger partial charge in [-0.15, -0.1) is 0 Å². The van der Waals surface area contributed by atoms with Crippen molar-refractivity contribution in [1.29, 1.82) is 0 Å². The Labute approximate surface area is 378 Å². The third-order valence-corrected chi connectivity index (χ3v) is 9.69. The van der Waals surface area contributed by atoms with Crippen molar-refractivity contribution in [3.63, 3.8) is 0 Å². The van der Waals surface area contributed by atoms with Crippen molar-refractivity contribution < 1.29 is 38.2 Å². The van der Waals surface area contributed by atoms with E-state index in [1.807, 2.05) is 30.4 Å². The summed E-state index contributed by atoms with van der Waals surface area (Å²) in [7, 11) is 5.38. The molecule has 62 heavy (non-hydrogen) atoms. The lowest BCUT2D eigenvalue weighted by molar-refractivity contribution is -0.889. The molecule has 2 unspecified atom stereocenters. The van der Waals surface area contributed by atoms with E-state index in [0.717, 1.165) is 116 Å². The van der Waals surface area contributed by atoms with Crippen LogP contribution in [-0.4, -0.2) is 75.5 Å². The van der Waals surface area contributed by atoms with Gasteiger partial charge in [0.2, 0.25) is 0 Å². The minimum Gasteiger partial charge on any atom is -0.544 e. The molecule has 0 saturated heterocycles. The highest BCUT2D eigenvalue weighted by Crippen LogP contribution is 2.12. The number of carbonyl (C=O) groups excluding carboxylic acids is 3. The van der Waals surface area contributed by atoms with Gasteiger partial charge in [0.15, 0.2) is 6.10 Å². The van der Waals surface area contributed by atoms with Crippen molar-refractivity contribution in [1.82, 2.24) is 0 Å². The summed E-state index contributed by atoms with van der Waals surface area (Å²) in [6, 6.07) is -0.743. The van der Waals surface area contributed by atoms with Crippen LogP contribution in [0.5, 0.6) is 0 Å². The molecule has 0 aromatic carbocycles. The molecule has 0 spiro atoms. The van der Waals surface area contributed by atoms with E-state index in [4.69, 9.17) is 14.2 Å². The Morgan fingerprint density at radius 3 is 1.45 bits per heavy atom. The Bertz CT molecular complexity index is 1420. The third-order valence-electron chi connectivity index (χ3n) is 9.69. The zero-order chi connectivity index (χ0) is 45.6. The summed E-state index contributed by atoms with van der Waals surface area (Å²) in [5.74, 6) is -1.82. The van der Waals surface area contributed by atoms with Crippen molar-refractivity contribution in [2.75, 3.05) is 41.0 Å². The molecular formula is C54H85NO7. The van der Waals surface area contributed by atoms with Gasteiger partial charge in [-0.3, -0.25) is 9.59 Å². The van der Waals surface area contributed by atoms with Crippen LogP contribution in [0, 0.1) is 0 Å². The molecular weight excluding hydrogens is 775 g/mol. The van der Waals surface area contributed by atoms with Crippen LogP contribution >= 0.6 is 0 Å². The lowest BCUT2D eigenvalue weighted by Crippen LogP contribution is -2.55. The minimum absolute atomic E-state index is 0.0133. The number of aliphatic carboxylic acids is 1. The Kier molecular flexibility index (Phi) is 40.4. The number of quaternary nitrogens is 1. The van der Waals surface area contributed by atoms with Gasteiger partial charge in [0.1, 0.15) is 12.6 Å². The number of hydrogen-bond donors (Lipinski definition) is 0. The molecule has 0 fully saturated rings. The van der Waals surface area contributed by atoms with Crippen molar-refractivity contribution in [2.45, 2.75) is 161 Å². The Morgan fingerprint density at radius 1 is 0.500 bits per heavy atom. The topological polar surface area (TPSA) is 102 Å². The molecule has 0 aliphatic rings. The van der Waals surface area contributed by atoms with Gasteiger partial charge < -0.3 is 28.6 Å². The van der Waals surface area contributed by atoms with E-state index in [1.165, 1.54) is 0 Å². The zero-order valence-electron chi connectivity index (χ0n) is 39.5. The molecule has 0 N–H and O–H groups in total. The second kappa shape index (κ2) is 43.4. The molecule has 0 aliphatic heterocycles. The highest BCUT2D eigenvalue weighted by Gasteiger charge is 2.25. The Balaban J connectivity index is 4.40. The maximum absolute atomic E-state index is 12.7. The highest BCUT2D eigenvalue weighted by atomic mass is 16.6. The number of rotatable bonds is 40. The fourth-order valence-electron chi connectivity index (χ4n) is 6.08. The molecule has 2 atom stereocenters. The minimum atomic E-state index is -1.14. The molecule has 0 amide bonds. The van der Waals surface area contributed by atoms with Gasteiger partial charge >= 0.3 is 11.9 Å². The first-order valence-corrected chi connectivity index (χ1v) is 23.6. The molecule has 0 rings (SSSR count). The average molecular weight is 860 g/mol. The summed E-state index contributed by atoms with van der Waals surface area (Å²) in [6.07, 6.45) is 60.8. The fraction of sp³-hybridized carbons (Fsp3) is 0.574. The molecule has 8 nitrogen and oxygen atoms in total. The average Bonchev–Trinajstić information content (AvgIpc) is 3.23. The number of carboxylic acid groups (broad SMARTS) is 1. The summed E-state index contributed by atoms with van der Waals surface area (Å²) in [5, 5.41) is 11.6. The van der Waals surface area contributed by atoms with E-state index < -0.39 is 18.1 Å². The number of allylic oxidation sites excluding steroid dienone is 20. The van der Waals surface area contributed by atoms with Crippen LogP contribution in [0.2, 0.25) is 0 Å². The first kappa shape index (κ1) is 57.7. The number of likely N-dealkylation sites (N-methyl/N-ethyl adjacent to an activating group) is 1. The predicted molar refractivity (Wildman–Crippen MR) is 258 cm³/mol. The summed E-state index contributed by atoms with van der Waals surface area (Å²) < 4.78 is 17.1. The summed E-state index contributed by atoms with van der Waals surface area (Å²) >= 11 is 0. The number of ether oxygens (including phenoxy) is 3. The predicted octanol–water partition coefficient (Wildman–Crippen LogP) is 12.1. The van der Waals surface area contributed by atoms with Gasteiger partial charge in [0.25, 0.3) is 0 Å². The molecule has 0 bridgehead atoms. The fourth-order valence-corrected chi connectivity index (χ4v) is 6.08. The van der Waals surface area contributed by atoms with Gasteiger partial charge in [-0.2, -0.15) is 0 Å². The van der Waals surface area contributed by atoms with Crippen LogP contribution in [0.1, 0.15) is 149 Å². The normalized spacial score (nSPS) is 14.0. The maximum Gasteiger partial charge on any atom is 0.306 e. The summed E-state index contributed by atoms with van der Waals surface area (Å²) in [4.78, 5) is 36.9. The van der Waals surface area contributed by atoms with E-state index in [1.54, 1.807) is 21.1 Å². The van der Waals surface area contributed by atoms with E-state index in [2.05, 4.69) is 105 Å². The van der Waals surface area contributed by atoms with Crippen molar-refractivity contribution in [3.05, 3.63) is 122 Å². The van der Waals surface area contributed by atoms with Gasteiger partial charge in [-0.25, -0.2) is 0 Å². The molecule has 0 aliphatic carbocycles. The number of hydrogen-bond acceptors (Lipinski definition) is 7. The standard InChI is InChI=1S/C54H85NO7/c1-6-8-10-12-14-16-18-20-22-23-24-25-26-27-28-29-31-32-34-36-38-40-42-44-52(56)61-49-50(48-60-47-46-51(54(58)59)55(3,4)5)62-53(57)45-43-41-39-37-35-33-30-21-19-17-15-13-11-9-7-2/h8-11,13-17,19-22,24-25,27-28,30-32,50-51H,6-7,12,18,23,26,29,33-49H2,1-5H3/b10-8+,11-9+,15-13+,16-14+,19-17+,22-20+,25-24+,28-27+,30-21+,32-31+.